The van der Waals surface area contributed by atoms with Crippen molar-refractivity contribution in [2.75, 3.05) is 0 Å². The van der Waals surface area contributed by atoms with Gasteiger partial charge in [0.25, 0.3) is 0 Å². The predicted octanol–water partition coefficient (Wildman–Crippen LogP) is 5.41. The first-order valence-corrected chi connectivity index (χ1v) is 7.40. The minimum Gasteiger partial charge on any atom is -0.421 e. The van der Waals surface area contributed by atoms with Crippen LogP contribution in [-0.4, -0.2) is 11.0 Å². The summed E-state index contributed by atoms with van der Waals surface area (Å²) < 4.78 is 5.40. The monoisotopic (exact) mass is 351 g/mol. The Hall–Kier alpha value is -1.81. The number of pyridine rings is 1. The number of aromatic nitrogens is 1. The molecule has 1 heterocycles. The molecular weight excluding hydrogens is 345 g/mol. The Kier molecular flexibility index (Phi) is 4.21. The number of nitrogens with zero attached hydrogens (tertiary/aromatic N) is 1. The number of hydrogen-bond acceptors (Lipinski definition) is 3. The third-order valence-corrected chi connectivity index (χ3v) is 3.91. The van der Waals surface area contributed by atoms with Crippen molar-refractivity contribution < 1.29 is 9.53 Å². The predicted molar refractivity (Wildman–Crippen MR) is 88.2 cm³/mol. The van der Waals surface area contributed by atoms with Crippen LogP contribution in [0.2, 0.25) is 15.1 Å². The second kappa shape index (κ2) is 6.13. The maximum absolute atomic E-state index is 12.3. The summed E-state index contributed by atoms with van der Waals surface area (Å²) in [6.07, 6.45) is 1.60. The minimum absolute atomic E-state index is 0.226. The zero-order valence-corrected chi connectivity index (χ0v) is 13.3. The molecule has 3 aromatic rings. The second-order valence-corrected chi connectivity index (χ2v) is 5.71. The molecule has 0 saturated carbocycles. The van der Waals surface area contributed by atoms with Crippen LogP contribution in [0.5, 0.6) is 5.75 Å². The van der Waals surface area contributed by atoms with E-state index in [1.807, 2.05) is 0 Å². The van der Waals surface area contributed by atoms with Crippen LogP contribution in [0.4, 0.5) is 0 Å². The average Bonchev–Trinajstić information content (AvgIpc) is 2.50. The number of benzene rings is 2. The van der Waals surface area contributed by atoms with Gasteiger partial charge in [0.1, 0.15) is 5.52 Å². The molecule has 1 aromatic heterocycles. The van der Waals surface area contributed by atoms with Crippen molar-refractivity contribution in [3.63, 3.8) is 0 Å². The lowest BCUT2D eigenvalue weighted by Crippen LogP contribution is -2.09. The van der Waals surface area contributed by atoms with Gasteiger partial charge >= 0.3 is 5.97 Å². The number of carbonyl (C=O) groups is 1. The Labute approximate surface area is 141 Å². The number of esters is 1. The van der Waals surface area contributed by atoms with E-state index >= 15 is 0 Å². The van der Waals surface area contributed by atoms with E-state index in [9.17, 15) is 4.79 Å². The number of fused-ring (bicyclic) bond motifs is 1. The third kappa shape index (κ3) is 2.88. The summed E-state index contributed by atoms with van der Waals surface area (Å²) in [5.41, 5.74) is 0.735. The highest BCUT2D eigenvalue weighted by Gasteiger charge is 2.16. The minimum atomic E-state index is -0.587. The Balaban J connectivity index is 2.00. The molecular formula is C16H8Cl3NO2. The Morgan fingerprint density at radius 3 is 2.59 bits per heavy atom. The van der Waals surface area contributed by atoms with Crippen molar-refractivity contribution in [3.05, 3.63) is 69.3 Å². The van der Waals surface area contributed by atoms with E-state index in [0.717, 1.165) is 0 Å². The zero-order chi connectivity index (χ0) is 15.7. The number of hydrogen-bond donors (Lipinski definition) is 0. The first-order valence-electron chi connectivity index (χ1n) is 6.27. The van der Waals surface area contributed by atoms with E-state index in [0.29, 0.717) is 26.7 Å². The van der Waals surface area contributed by atoms with Crippen molar-refractivity contribution in [3.8, 4) is 5.75 Å². The van der Waals surface area contributed by atoms with Gasteiger partial charge in [-0.15, -0.1) is 0 Å². The average molecular weight is 353 g/mol. The van der Waals surface area contributed by atoms with Crippen LogP contribution in [0.1, 0.15) is 10.4 Å². The normalized spacial score (nSPS) is 10.7. The van der Waals surface area contributed by atoms with E-state index in [-0.39, 0.29) is 10.6 Å². The Bertz CT molecular complexity index is 880. The van der Waals surface area contributed by atoms with Gasteiger partial charge in [-0.2, -0.15) is 0 Å². The first kappa shape index (κ1) is 15.1. The van der Waals surface area contributed by atoms with Crippen molar-refractivity contribution >= 4 is 51.7 Å². The maximum atomic E-state index is 12.3. The lowest BCUT2D eigenvalue weighted by molar-refractivity contribution is 0.0737. The van der Waals surface area contributed by atoms with Crippen molar-refractivity contribution in [1.29, 1.82) is 0 Å². The van der Waals surface area contributed by atoms with Gasteiger partial charge < -0.3 is 4.74 Å². The fraction of sp³-hybridized carbons (Fsp3) is 0. The number of halogens is 3. The molecule has 0 N–H and O–H groups in total. The molecule has 0 amide bonds. The van der Waals surface area contributed by atoms with Crippen LogP contribution in [-0.2, 0) is 0 Å². The quantitative estimate of drug-likeness (QED) is 0.457. The fourth-order valence-corrected chi connectivity index (χ4v) is 2.71. The fourth-order valence-electron chi connectivity index (χ4n) is 2.00. The van der Waals surface area contributed by atoms with Crippen molar-refractivity contribution in [2.24, 2.45) is 0 Å². The highest BCUT2D eigenvalue weighted by atomic mass is 35.5. The molecule has 110 valence electrons. The molecule has 0 aliphatic rings. The summed E-state index contributed by atoms with van der Waals surface area (Å²) >= 11 is 17.9. The molecule has 6 heteroatoms. The lowest BCUT2D eigenvalue weighted by Gasteiger charge is -2.09. The summed E-state index contributed by atoms with van der Waals surface area (Å²) in [5, 5.41) is 1.91. The van der Waals surface area contributed by atoms with Gasteiger partial charge in [-0.3, -0.25) is 4.98 Å². The molecule has 3 nitrogen and oxygen atoms in total. The van der Waals surface area contributed by atoms with E-state index in [2.05, 4.69) is 4.98 Å². The molecule has 2 aromatic carbocycles. The molecule has 3 rings (SSSR count). The highest BCUT2D eigenvalue weighted by Crippen LogP contribution is 2.31. The number of ether oxygens (including phenoxy) is 1. The summed E-state index contributed by atoms with van der Waals surface area (Å²) in [6, 6.07) is 11.4. The van der Waals surface area contributed by atoms with Crippen LogP contribution in [0.3, 0.4) is 0 Å². The molecule has 0 spiro atoms. The first-order chi connectivity index (χ1) is 10.6. The maximum Gasteiger partial charge on any atom is 0.345 e. The van der Waals surface area contributed by atoms with Gasteiger partial charge in [0.15, 0.2) is 5.75 Å². The van der Waals surface area contributed by atoms with Crippen LogP contribution in [0.25, 0.3) is 10.9 Å². The van der Waals surface area contributed by atoms with E-state index in [4.69, 9.17) is 39.5 Å². The number of rotatable bonds is 2. The Morgan fingerprint density at radius 1 is 1.00 bits per heavy atom. The molecule has 0 saturated heterocycles. The van der Waals surface area contributed by atoms with Gasteiger partial charge in [0.2, 0.25) is 0 Å². The second-order valence-electron chi connectivity index (χ2n) is 4.46. The summed E-state index contributed by atoms with van der Waals surface area (Å²) in [4.78, 5) is 16.5. The molecule has 22 heavy (non-hydrogen) atoms. The van der Waals surface area contributed by atoms with Gasteiger partial charge in [0.05, 0.1) is 15.6 Å². The number of carbonyl (C=O) groups excluding carboxylic acids is 1. The van der Waals surface area contributed by atoms with Crippen LogP contribution in [0.15, 0.2) is 48.7 Å². The molecule has 0 aliphatic heterocycles. The molecule has 0 fully saturated rings. The molecule has 0 atom stereocenters. The van der Waals surface area contributed by atoms with E-state index in [1.165, 1.54) is 12.1 Å². The summed E-state index contributed by atoms with van der Waals surface area (Å²) in [5.74, 6) is -0.271. The molecule has 0 aliphatic carbocycles. The molecule has 0 bridgehead atoms. The Morgan fingerprint density at radius 2 is 1.82 bits per heavy atom. The molecule has 0 unspecified atom stereocenters. The third-order valence-electron chi connectivity index (χ3n) is 3.03. The molecule has 0 radical (unpaired) electrons. The van der Waals surface area contributed by atoms with E-state index < -0.39 is 5.97 Å². The van der Waals surface area contributed by atoms with Crippen molar-refractivity contribution in [2.45, 2.75) is 0 Å². The SMILES string of the molecule is O=C(Oc1ccc(Cl)c2cccnc12)c1ccc(Cl)cc1Cl. The van der Waals surface area contributed by atoms with Crippen LogP contribution in [0, 0.1) is 0 Å². The van der Waals surface area contributed by atoms with Gasteiger partial charge in [0, 0.05) is 16.6 Å². The largest absolute Gasteiger partial charge is 0.421 e. The van der Waals surface area contributed by atoms with Crippen LogP contribution >= 0.6 is 34.8 Å². The smallest absolute Gasteiger partial charge is 0.345 e. The van der Waals surface area contributed by atoms with Crippen LogP contribution < -0.4 is 4.74 Å². The lowest BCUT2D eigenvalue weighted by atomic mass is 10.2. The summed E-state index contributed by atoms with van der Waals surface area (Å²) in [6.45, 7) is 0. The topological polar surface area (TPSA) is 39.2 Å². The van der Waals surface area contributed by atoms with E-state index in [1.54, 1.807) is 36.5 Å². The standard InChI is InChI=1S/C16H8Cl3NO2/c17-9-3-4-11(13(19)8-9)16(21)22-14-6-5-12(18)10-2-1-7-20-15(10)14/h1-8H. The van der Waals surface area contributed by atoms with Gasteiger partial charge in [-0.05, 0) is 42.5 Å². The summed E-state index contributed by atoms with van der Waals surface area (Å²) in [7, 11) is 0. The van der Waals surface area contributed by atoms with Gasteiger partial charge in [-0.1, -0.05) is 34.8 Å². The van der Waals surface area contributed by atoms with Gasteiger partial charge in [-0.25, -0.2) is 4.79 Å². The highest BCUT2D eigenvalue weighted by molar-refractivity contribution is 6.37. The zero-order valence-electron chi connectivity index (χ0n) is 11.0. The van der Waals surface area contributed by atoms with Crippen molar-refractivity contribution in [1.82, 2.24) is 4.98 Å².